The zero-order valence-electron chi connectivity index (χ0n) is 16.3. The molecule has 0 saturated heterocycles. The molecule has 0 spiro atoms. The van der Waals surface area contributed by atoms with Crippen LogP contribution >= 0.6 is 0 Å². The minimum absolute atomic E-state index is 0.345. The molecule has 0 saturated carbocycles. The summed E-state index contributed by atoms with van der Waals surface area (Å²) in [5.41, 5.74) is -1.27. The first-order chi connectivity index (χ1) is 11.7. The Bertz CT molecular complexity index is 239. The lowest BCUT2D eigenvalue weighted by Crippen LogP contribution is -2.37. The van der Waals surface area contributed by atoms with Crippen molar-refractivity contribution in [3.63, 3.8) is 0 Å². The standard InChI is InChI=1S/C21H44O3/c1-2-3-4-5-6-7-8-9-10-11-12-13-14-15-16-17-18-21(24,19-22)20-23/h22-24H,2-20H2,1H3. The lowest BCUT2D eigenvalue weighted by Gasteiger charge is -2.22. The Hall–Kier alpha value is -0.120. The molecule has 0 aliphatic carbocycles. The normalized spacial score (nSPS) is 12.0. The first-order valence-corrected chi connectivity index (χ1v) is 10.6. The van der Waals surface area contributed by atoms with Gasteiger partial charge >= 0.3 is 0 Å². The third-order valence-electron chi connectivity index (χ3n) is 5.08. The van der Waals surface area contributed by atoms with Crippen LogP contribution in [-0.2, 0) is 0 Å². The highest BCUT2D eigenvalue weighted by Gasteiger charge is 2.23. The lowest BCUT2D eigenvalue weighted by atomic mass is 9.97. The molecule has 0 aliphatic rings. The van der Waals surface area contributed by atoms with E-state index in [1.165, 1.54) is 89.9 Å². The zero-order valence-corrected chi connectivity index (χ0v) is 16.3. The van der Waals surface area contributed by atoms with Gasteiger partial charge in [0.25, 0.3) is 0 Å². The van der Waals surface area contributed by atoms with Gasteiger partial charge in [-0.3, -0.25) is 0 Å². The predicted octanol–water partition coefficient (Wildman–Crippen LogP) is 5.35. The minimum Gasteiger partial charge on any atom is -0.393 e. The van der Waals surface area contributed by atoms with Gasteiger partial charge < -0.3 is 15.3 Å². The van der Waals surface area contributed by atoms with Gasteiger partial charge in [0.2, 0.25) is 0 Å². The van der Waals surface area contributed by atoms with Crippen LogP contribution < -0.4 is 0 Å². The number of aliphatic hydroxyl groups excluding tert-OH is 2. The molecule has 0 amide bonds. The Morgan fingerprint density at radius 3 is 1.08 bits per heavy atom. The van der Waals surface area contributed by atoms with Crippen LogP contribution in [-0.4, -0.2) is 34.1 Å². The van der Waals surface area contributed by atoms with Gasteiger partial charge in [-0.2, -0.15) is 0 Å². The van der Waals surface area contributed by atoms with E-state index in [4.69, 9.17) is 10.2 Å². The topological polar surface area (TPSA) is 60.7 Å². The minimum atomic E-state index is -1.27. The van der Waals surface area contributed by atoms with Gasteiger partial charge in [0.05, 0.1) is 13.2 Å². The summed E-state index contributed by atoms with van der Waals surface area (Å²) in [4.78, 5) is 0. The van der Waals surface area contributed by atoms with Gasteiger partial charge in [-0.05, 0) is 6.42 Å². The molecule has 0 bridgehead atoms. The van der Waals surface area contributed by atoms with Crippen molar-refractivity contribution in [2.75, 3.05) is 13.2 Å². The fraction of sp³-hybridized carbons (Fsp3) is 1.00. The van der Waals surface area contributed by atoms with E-state index in [9.17, 15) is 5.11 Å². The third kappa shape index (κ3) is 15.4. The smallest absolute Gasteiger partial charge is 0.111 e. The summed E-state index contributed by atoms with van der Waals surface area (Å²) in [5, 5.41) is 27.7. The summed E-state index contributed by atoms with van der Waals surface area (Å²) in [6, 6.07) is 0. The number of rotatable bonds is 19. The van der Waals surface area contributed by atoms with Crippen LogP contribution in [0.1, 0.15) is 116 Å². The number of unbranched alkanes of at least 4 members (excludes halogenated alkanes) is 15. The Morgan fingerprint density at radius 2 is 0.792 bits per heavy atom. The highest BCUT2D eigenvalue weighted by molar-refractivity contribution is 4.75. The van der Waals surface area contributed by atoms with Crippen LogP contribution in [0.5, 0.6) is 0 Å². The highest BCUT2D eigenvalue weighted by Crippen LogP contribution is 2.17. The van der Waals surface area contributed by atoms with Gasteiger partial charge in [-0.15, -0.1) is 0 Å². The molecule has 0 aromatic carbocycles. The summed E-state index contributed by atoms with van der Waals surface area (Å²) in [7, 11) is 0. The molecule has 0 rings (SSSR count). The second kappa shape index (κ2) is 17.7. The van der Waals surface area contributed by atoms with Gasteiger partial charge in [-0.25, -0.2) is 0 Å². The van der Waals surface area contributed by atoms with Crippen molar-refractivity contribution >= 4 is 0 Å². The average Bonchev–Trinajstić information content (AvgIpc) is 2.61. The van der Waals surface area contributed by atoms with Crippen LogP contribution in [0.3, 0.4) is 0 Å². The van der Waals surface area contributed by atoms with Gasteiger partial charge in [0.1, 0.15) is 5.60 Å². The Morgan fingerprint density at radius 1 is 0.500 bits per heavy atom. The maximum absolute atomic E-state index is 9.74. The van der Waals surface area contributed by atoms with Crippen molar-refractivity contribution in [3.05, 3.63) is 0 Å². The summed E-state index contributed by atoms with van der Waals surface area (Å²) >= 11 is 0. The fourth-order valence-corrected chi connectivity index (χ4v) is 3.21. The van der Waals surface area contributed by atoms with Crippen molar-refractivity contribution in [2.24, 2.45) is 0 Å². The number of aliphatic hydroxyl groups is 3. The molecule has 0 atom stereocenters. The van der Waals surface area contributed by atoms with Crippen LogP contribution in [0.25, 0.3) is 0 Å². The second-order valence-electron chi connectivity index (χ2n) is 7.59. The fourth-order valence-electron chi connectivity index (χ4n) is 3.21. The van der Waals surface area contributed by atoms with E-state index in [2.05, 4.69) is 6.92 Å². The summed E-state index contributed by atoms with van der Waals surface area (Å²) in [5.74, 6) is 0. The van der Waals surface area contributed by atoms with Gasteiger partial charge in [0.15, 0.2) is 0 Å². The molecule has 0 aliphatic heterocycles. The van der Waals surface area contributed by atoms with Gasteiger partial charge in [-0.1, -0.05) is 110 Å². The van der Waals surface area contributed by atoms with Crippen molar-refractivity contribution in [2.45, 2.75) is 122 Å². The second-order valence-corrected chi connectivity index (χ2v) is 7.59. The Balaban J connectivity index is 3.13. The molecule has 0 heterocycles. The lowest BCUT2D eigenvalue weighted by molar-refractivity contribution is -0.0616. The maximum atomic E-state index is 9.74. The molecule has 0 fully saturated rings. The van der Waals surface area contributed by atoms with E-state index >= 15 is 0 Å². The van der Waals surface area contributed by atoms with Crippen LogP contribution in [0.4, 0.5) is 0 Å². The zero-order chi connectivity index (χ0) is 17.9. The van der Waals surface area contributed by atoms with Crippen LogP contribution in [0.2, 0.25) is 0 Å². The monoisotopic (exact) mass is 344 g/mol. The quantitative estimate of drug-likeness (QED) is 0.277. The molecule has 3 heteroatoms. The van der Waals surface area contributed by atoms with Crippen LogP contribution in [0.15, 0.2) is 0 Å². The number of hydrogen-bond donors (Lipinski definition) is 3. The molecule has 0 aromatic heterocycles. The molecule has 0 aromatic rings. The molecule has 3 N–H and O–H groups in total. The Kier molecular flexibility index (Phi) is 17.6. The van der Waals surface area contributed by atoms with E-state index < -0.39 is 5.60 Å². The molecule has 0 radical (unpaired) electrons. The van der Waals surface area contributed by atoms with E-state index in [0.717, 1.165) is 12.8 Å². The molecule has 146 valence electrons. The Labute approximate surface area is 150 Å². The SMILES string of the molecule is CCCCCCCCCCCCCCCCCCC(O)(CO)CO. The summed E-state index contributed by atoms with van der Waals surface area (Å²) in [6.07, 6.45) is 21.7. The number of hydrogen-bond acceptors (Lipinski definition) is 3. The maximum Gasteiger partial charge on any atom is 0.111 e. The predicted molar refractivity (Wildman–Crippen MR) is 103 cm³/mol. The van der Waals surface area contributed by atoms with E-state index in [1.54, 1.807) is 0 Å². The van der Waals surface area contributed by atoms with E-state index in [-0.39, 0.29) is 13.2 Å². The molecule has 0 unspecified atom stereocenters. The molecule has 3 nitrogen and oxygen atoms in total. The largest absolute Gasteiger partial charge is 0.393 e. The van der Waals surface area contributed by atoms with Crippen LogP contribution in [0, 0.1) is 0 Å². The van der Waals surface area contributed by atoms with Gasteiger partial charge in [0, 0.05) is 0 Å². The molecule has 24 heavy (non-hydrogen) atoms. The third-order valence-corrected chi connectivity index (χ3v) is 5.08. The van der Waals surface area contributed by atoms with E-state index in [1.807, 2.05) is 0 Å². The summed E-state index contributed by atoms with van der Waals surface area (Å²) in [6.45, 7) is 1.58. The first kappa shape index (κ1) is 23.9. The van der Waals surface area contributed by atoms with Crippen molar-refractivity contribution in [1.82, 2.24) is 0 Å². The van der Waals surface area contributed by atoms with Crippen molar-refractivity contribution in [1.29, 1.82) is 0 Å². The van der Waals surface area contributed by atoms with E-state index in [0.29, 0.717) is 6.42 Å². The average molecular weight is 345 g/mol. The summed E-state index contributed by atoms with van der Waals surface area (Å²) < 4.78 is 0. The molecular formula is C21H44O3. The first-order valence-electron chi connectivity index (χ1n) is 10.6. The highest BCUT2D eigenvalue weighted by atomic mass is 16.4. The molecular weight excluding hydrogens is 300 g/mol. The van der Waals surface area contributed by atoms with Crippen molar-refractivity contribution < 1.29 is 15.3 Å². The van der Waals surface area contributed by atoms with Crippen molar-refractivity contribution in [3.8, 4) is 0 Å².